The molecule has 0 aromatic heterocycles. The Kier molecular flexibility index (Phi) is 5.11. The van der Waals surface area contributed by atoms with Gasteiger partial charge in [0.1, 0.15) is 17.1 Å². The second-order valence-electron chi connectivity index (χ2n) is 11.5. The summed E-state index contributed by atoms with van der Waals surface area (Å²) < 4.78 is 6.58. The number of rotatable bonds is 1. The quantitative estimate of drug-likeness (QED) is 0.476. The van der Waals surface area contributed by atoms with Crippen LogP contribution in [0.2, 0.25) is 0 Å². The number of benzene rings is 1. The van der Waals surface area contributed by atoms with Crippen LogP contribution < -0.4 is 4.74 Å². The zero-order valence-electron chi connectivity index (χ0n) is 20.4. The third kappa shape index (κ3) is 2.88. The van der Waals surface area contributed by atoms with Gasteiger partial charge in [-0.3, -0.25) is 0 Å². The first-order valence-electron chi connectivity index (χ1n) is 12.3. The van der Waals surface area contributed by atoms with Crippen LogP contribution in [0.3, 0.4) is 0 Å². The molecule has 3 aliphatic carbocycles. The Morgan fingerprint density at radius 2 is 1.77 bits per heavy atom. The molecule has 1 N–H and O–H groups in total. The first-order chi connectivity index (χ1) is 14.0. The molecule has 4 aliphatic rings. The summed E-state index contributed by atoms with van der Waals surface area (Å²) >= 11 is 0. The van der Waals surface area contributed by atoms with Crippen LogP contribution in [0.25, 0.3) is 0 Å². The molecule has 2 saturated carbocycles. The molecule has 2 bridgehead atoms. The third-order valence-electron chi connectivity index (χ3n) is 9.72. The molecular weight excluding hydrogens is 368 g/mol. The molecule has 5 rings (SSSR count). The van der Waals surface area contributed by atoms with Crippen molar-refractivity contribution in [3.05, 3.63) is 34.9 Å². The van der Waals surface area contributed by atoms with Gasteiger partial charge < -0.3 is 9.84 Å². The molecule has 2 heteroatoms. The summed E-state index contributed by atoms with van der Waals surface area (Å²) in [7, 11) is 0. The van der Waals surface area contributed by atoms with E-state index in [0.29, 0.717) is 34.3 Å². The van der Waals surface area contributed by atoms with Gasteiger partial charge in [-0.1, -0.05) is 46.3 Å². The van der Waals surface area contributed by atoms with Gasteiger partial charge in [-0.25, -0.2) is 0 Å². The largest absolute Gasteiger partial charge is 0.508 e. The maximum atomic E-state index is 11.2. The van der Waals surface area contributed by atoms with Crippen molar-refractivity contribution in [1.29, 1.82) is 0 Å². The Balaban J connectivity index is 0.00000106. The Morgan fingerprint density at radius 3 is 2.37 bits per heavy atom. The molecule has 2 fully saturated rings. The van der Waals surface area contributed by atoms with Crippen LogP contribution in [0.5, 0.6) is 11.5 Å². The van der Waals surface area contributed by atoms with Crippen LogP contribution in [-0.4, -0.2) is 10.7 Å². The number of hydrogen-bond acceptors (Lipinski definition) is 2. The van der Waals surface area contributed by atoms with Crippen molar-refractivity contribution in [1.82, 2.24) is 0 Å². The highest BCUT2D eigenvalue weighted by atomic mass is 16.5. The highest BCUT2D eigenvalue weighted by Crippen LogP contribution is 2.71. The molecule has 5 atom stereocenters. The minimum Gasteiger partial charge on any atom is -0.508 e. The zero-order chi connectivity index (χ0) is 22.1. The maximum absolute atomic E-state index is 11.2. The number of allylic oxidation sites excluding steroid dienone is 2. The SMILES string of the molecule is CC.CC1=CC[C@@H]2[C@@H](C1)c1c(O)cc(C3CC4CCC3(C)C4(C)C)cc1OC2(C)C. The highest BCUT2D eigenvalue weighted by molar-refractivity contribution is 5.54. The van der Waals surface area contributed by atoms with Crippen molar-refractivity contribution in [2.24, 2.45) is 22.7 Å². The van der Waals surface area contributed by atoms with E-state index < -0.39 is 0 Å². The minimum atomic E-state index is -0.197. The number of hydrogen-bond donors (Lipinski definition) is 1. The lowest BCUT2D eigenvalue weighted by Crippen LogP contribution is -2.45. The van der Waals surface area contributed by atoms with Crippen molar-refractivity contribution in [3.63, 3.8) is 0 Å². The topological polar surface area (TPSA) is 29.5 Å². The Hall–Kier alpha value is -1.44. The molecule has 0 amide bonds. The maximum Gasteiger partial charge on any atom is 0.127 e. The summed E-state index contributed by atoms with van der Waals surface area (Å²) in [5.74, 6) is 3.53. The van der Waals surface area contributed by atoms with Crippen LogP contribution in [0.4, 0.5) is 0 Å². The molecule has 1 heterocycles. The van der Waals surface area contributed by atoms with Crippen LogP contribution in [0.15, 0.2) is 23.8 Å². The average Bonchev–Trinajstić information content (AvgIpc) is 3.01. The van der Waals surface area contributed by atoms with E-state index in [2.05, 4.69) is 59.8 Å². The minimum absolute atomic E-state index is 0.197. The summed E-state index contributed by atoms with van der Waals surface area (Å²) in [6.45, 7) is 18.1. The lowest BCUT2D eigenvalue weighted by atomic mass is 9.64. The smallest absolute Gasteiger partial charge is 0.127 e. The van der Waals surface area contributed by atoms with E-state index in [1.807, 2.05) is 13.8 Å². The first-order valence-corrected chi connectivity index (χ1v) is 12.3. The summed E-state index contributed by atoms with van der Waals surface area (Å²) in [4.78, 5) is 0. The molecule has 166 valence electrons. The molecule has 30 heavy (non-hydrogen) atoms. The van der Waals surface area contributed by atoms with Crippen molar-refractivity contribution in [2.75, 3.05) is 0 Å². The fourth-order valence-corrected chi connectivity index (χ4v) is 7.49. The van der Waals surface area contributed by atoms with Gasteiger partial charge in [0.05, 0.1) is 0 Å². The van der Waals surface area contributed by atoms with Gasteiger partial charge in [-0.2, -0.15) is 0 Å². The van der Waals surface area contributed by atoms with E-state index in [0.717, 1.165) is 30.1 Å². The van der Waals surface area contributed by atoms with Gasteiger partial charge in [0, 0.05) is 17.4 Å². The molecule has 0 spiro atoms. The average molecular weight is 411 g/mol. The van der Waals surface area contributed by atoms with Gasteiger partial charge in [0.15, 0.2) is 0 Å². The predicted molar refractivity (Wildman–Crippen MR) is 125 cm³/mol. The number of phenolic OH excluding ortho intramolecular Hbond substituents is 1. The van der Waals surface area contributed by atoms with Gasteiger partial charge >= 0.3 is 0 Å². The highest BCUT2D eigenvalue weighted by Gasteiger charge is 2.61. The summed E-state index contributed by atoms with van der Waals surface area (Å²) in [6.07, 6.45) is 8.35. The van der Waals surface area contributed by atoms with E-state index in [4.69, 9.17) is 4.74 Å². The third-order valence-corrected chi connectivity index (χ3v) is 9.72. The molecule has 1 aliphatic heterocycles. The normalized spacial score (nSPS) is 37.3. The lowest BCUT2D eigenvalue weighted by molar-refractivity contribution is 0.00737. The van der Waals surface area contributed by atoms with Crippen LogP contribution in [0, 0.1) is 22.7 Å². The Bertz CT molecular complexity index is 862. The first kappa shape index (κ1) is 21.8. The van der Waals surface area contributed by atoms with Crippen molar-refractivity contribution in [2.45, 2.75) is 105 Å². The number of phenols is 1. The lowest BCUT2D eigenvalue weighted by Gasteiger charge is -2.47. The number of aromatic hydroxyl groups is 1. The van der Waals surface area contributed by atoms with Crippen LogP contribution >= 0.6 is 0 Å². The van der Waals surface area contributed by atoms with Gasteiger partial charge in [-0.05, 0) is 93.2 Å². The fourth-order valence-electron chi connectivity index (χ4n) is 7.49. The van der Waals surface area contributed by atoms with E-state index in [1.165, 1.54) is 30.4 Å². The fraction of sp³-hybridized carbons (Fsp3) is 0.714. The molecule has 0 radical (unpaired) electrons. The van der Waals surface area contributed by atoms with Gasteiger partial charge in [0.25, 0.3) is 0 Å². The summed E-state index contributed by atoms with van der Waals surface area (Å²) in [5.41, 5.74) is 4.29. The van der Waals surface area contributed by atoms with Gasteiger partial charge in [-0.15, -0.1) is 0 Å². The molecule has 0 saturated heterocycles. The summed E-state index contributed by atoms with van der Waals surface area (Å²) in [5, 5.41) is 11.2. The molecular formula is C28H42O2. The van der Waals surface area contributed by atoms with E-state index in [1.54, 1.807) is 0 Å². The van der Waals surface area contributed by atoms with Crippen LogP contribution in [-0.2, 0) is 0 Å². The number of ether oxygens (including phenoxy) is 1. The van der Waals surface area contributed by atoms with Crippen molar-refractivity contribution in [3.8, 4) is 11.5 Å². The van der Waals surface area contributed by atoms with Gasteiger partial charge in [0.2, 0.25) is 0 Å². The molecule has 1 aromatic carbocycles. The van der Waals surface area contributed by atoms with E-state index in [9.17, 15) is 5.11 Å². The monoisotopic (exact) mass is 410 g/mol. The van der Waals surface area contributed by atoms with Crippen LogP contribution in [0.1, 0.15) is 110 Å². The Labute approximate surface area is 184 Å². The summed E-state index contributed by atoms with van der Waals surface area (Å²) in [6, 6.07) is 4.39. The number of fused-ring (bicyclic) bond motifs is 5. The molecule has 2 nitrogen and oxygen atoms in total. The second kappa shape index (κ2) is 7.04. The molecule has 1 aromatic rings. The van der Waals surface area contributed by atoms with Crippen molar-refractivity contribution < 1.29 is 9.84 Å². The second-order valence-corrected chi connectivity index (χ2v) is 11.5. The zero-order valence-corrected chi connectivity index (χ0v) is 20.4. The molecule has 3 unspecified atom stereocenters. The standard InChI is InChI=1S/C26H36O2.C2H6/c1-15-7-8-19-18(11-15)23-21(27)12-16(13-22(23)28-25(19,4)5)20-14-17-9-10-26(20,6)24(17,2)3;1-2/h7,12-13,17-20,27H,8-11,14H2,1-6H3;1-2H3/t17?,18-,19-,20?,26?;/m1./s1. The van der Waals surface area contributed by atoms with Crippen molar-refractivity contribution >= 4 is 0 Å². The van der Waals surface area contributed by atoms with E-state index in [-0.39, 0.29) is 5.60 Å². The Morgan fingerprint density at radius 1 is 1.07 bits per heavy atom. The van der Waals surface area contributed by atoms with E-state index >= 15 is 0 Å². The predicted octanol–water partition coefficient (Wildman–Crippen LogP) is 7.96.